The lowest BCUT2D eigenvalue weighted by Gasteiger charge is -2.30. The first-order chi connectivity index (χ1) is 10.3. The lowest BCUT2D eigenvalue weighted by atomic mass is 10.4. The smallest absolute Gasteiger partial charge is 0.370 e. The maximum absolute atomic E-state index is 6.22. The molecule has 1 aliphatic rings. The highest BCUT2D eigenvalue weighted by Gasteiger charge is 2.45. The molecule has 0 N–H and O–H groups in total. The van der Waals surface area contributed by atoms with Gasteiger partial charge in [0, 0.05) is 25.0 Å². The number of rotatable bonds is 13. The van der Waals surface area contributed by atoms with Crippen LogP contribution in [0.3, 0.4) is 0 Å². The van der Waals surface area contributed by atoms with E-state index >= 15 is 0 Å². The fraction of sp³-hybridized carbons (Fsp3) is 0.765. The summed E-state index contributed by atoms with van der Waals surface area (Å²) >= 11 is 0. The molecule has 0 amide bonds. The molecule has 4 heteroatoms. The summed E-state index contributed by atoms with van der Waals surface area (Å²) in [6.07, 6.45) is 14.0. The van der Waals surface area contributed by atoms with Crippen LogP contribution in [0.25, 0.3) is 0 Å². The second-order valence-corrected chi connectivity index (χ2v) is 8.02. The first-order valence-electron chi connectivity index (χ1n) is 8.58. The highest BCUT2D eigenvalue weighted by molar-refractivity contribution is 6.69. The van der Waals surface area contributed by atoms with Crippen molar-refractivity contribution >= 4 is 8.80 Å². The van der Waals surface area contributed by atoms with Crippen LogP contribution in [0.15, 0.2) is 23.4 Å². The van der Waals surface area contributed by atoms with Gasteiger partial charge in [-0.1, -0.05) is 58.3 Å². The summed E-state index contributed by atoms with van der Waals surface area (Å²) in [6.45, 7) is 8.72. The molecule has 1 rings (SSSR count). The monoisotopic (exact) mass is 312 g/mol. The Morgan fingerprint density at radius 2 is 1.33 bits per heavy atom. The first-order valence-corrected chi connectivity index (χ1v) is 10.3. The molecule has 0 aromatic rings. The molecule has 0 unspecified atom stereocenters. The molecular formula is C17H32O3Si. The SMILES string of the molecule is CCCCO[Si](OCCCC)(OCCCC)C1=CCC=C1. The standard InChI is InChI=1S/C17H32O3Si/c1-4-7-14-18-21(19-15-8-5-2,20-16-9-6-3)17-12-10-11-13-17/h10,12-13H,4-9,11,14-16H2,1-3H3. The summed E-state index contributed by atoms with van der Waals surface area (Å²) in [5.41, 5.74) is 0. The molecule has 0 spiro atoms. The van der Waals surface area contributed by atoms with Crippen molar-refractivity contribution in [3.05, 3.63) is 23.4 Å². The first kappa shape index (κ1) is 18.6. The van der Waals surface area contributed by atoms with Crippen LogP contribution in [-0.2, 0) is 13.3 Å². The Bertz CT molecular complexity index is 299. The second kappa shape index (κ2) is 11.2. The number of hydrogen-bond donors (Lipinski definition) is 0. The van der Waals surface area contributed by atoms with E-state index in [9.17, 15) is 0 Å². The summed E-state index contributed by atoms with van der Waals surface area (Å²) in [7, 11) is -2.70. The second-order valence-electron chi connectivity index (χ2n) is 5.46. The maximum atomic E-state index is 6.22. The molecule has 122 valence electrons. The van der Waals surface area contributed by atoms with E-state index in [1.54, 1.807) is 0 Å². The van der Waals surface area contributed by atoms with Crippen LogP contribution in [0.2, 0.25) is 0 Å². The molecule has 21 heavy (non-hydrogen) atoms. The van der Waals surface area contributed by atoms with Gasteiger partial charge in [-0.05, 0) is 25.7 Å². The molecule has 0 atom stereocenters. The van der Waals surface area contributed by atoms with Gasteiger partial charge in [0.2, 0.25) is 0 Å². The minimum atomic E-state index is -2.70. The van der Waals surface area contributed by atoms with Gasteiger partial charge in [-0.2, -0.15) is 0 Å². The van der Waals surface area contributed by atoms with Crippen molar-refractivity contribution in [1.29, 1.82) is 0 Å². The summed E-state index contributed by atoms with van der Waals surface area (Å²) in [5, 5.41) is 1.16. The van der Waals surface area contributed by atoms with E-state index in [2.05, 4.69) is 39.0 Å². The Balaban J connectivity index is 2.75. The van der Waals surface area contributed by atoms with Crippen molar-refractivity contribution in [2.24, 2.45) is 0 Å². The van der Waals surface area contributed by atoms with Gasteiger partial charge in [0.15, 0.2) is 0 Å². The molecule has 0 aliphatic heterocycles. The lowest BCUT2D eigenvalue weighted by molar-refractivity contribution is 0.0662. The van der Waals surface area contributed by atoms with Gasteiger partial charge in [0.05, 0.1) is 0 Å². The number of hydrogen-bond acceptors (Lipinski definition) is 3. The molecule has 0 aromatic carbocycles. The fourth-order valence-electron chi connectivity index (χ4n) is 2.11. The Hall–Kier alpha value is -0.423. The summed E-state index contributed by atoms with van der Waals surface area (Å²) < 4.78 is 18.7. The average Bonchev–Trinajstić information content (AvgIpc) is 3.02. The van der Waals surface area contributed by atoms with Crippen LogP contribution in [0.5, 0.6) is 0 Å². The van der Waals surface area contributed by atoms with E-state index in [1.807, 2.05) is 0 Å². The Morgan fingerprint density at radius 3 is 1.67 bits per heavy atom. The minimum Gasteiger partial charge on any atom is -0.370 e. The molecule has 0 radical (unpaired) electrons. The molecule has 0 bridgehead atoms. The summed E-state index contributed by atoms with van der Waals surface area (Å²) in [5.74, 6) is 0. The van der Waals surface area contributed by atoms with Gasteiger partial charge < -0.3 is 13.3 Å². The number of unbranched alkanes of at least 4 members (excludes halogenated alkanes) is 3. The highest BCUT2D eigenvalue weighted by Crippen LogP contribution is 2.26. The van der Waals surface area contributed by atoms with Crippen LogP contribution in [-0.4, -0.2) is 28.6 Å². The van der Waals surface area contributed by atoms with E-state index < -0.39 is 8.80 Å². The normalized spacial score (nSPS) is 14.7. The number of allylic oxidation sites excluding steroid dienone is 4. The van der Waals surface area contributed by atoms with E-state index in [0.717, 1.165) is 70.0 Å². The largest absolute Gasteiger partial charge is 0.536 e. The van der Waals surface area contributed by atoms with Gasteiger partial charge in [-0.15, -0.1) is 0 Å². The fourth-order valence-corrected chi connectivity index (χ4v) is 4.79. The van der Waals surface area contributed by atoms with E-state index in [1.165, 1.54) is 0 Å². The van der Waals surface area contributed by atoms with Crippen LogP contribution in [0.4, 0.5) is 0 Å². The van der Waals surface area contributed by atoms with Crippen molar-refractivity contribution < 1.29 is 13.3 Å². The van der Waals surface area contributed by atoms with Gasteiger partial charge in [-0.25, -0.2) is 0 Å². The molecule has 0 heterocycles. The molecule has 0 saturated carbocycles. The van der Waals surface area contributed by atoms with Gasteiger partial charge in [0.1, 0.15) is 0 Å². The van der Waals surface area contributed by atoms with Gasteiger partial charge >= 0.3 is 8.80 Å². The van der Waals surface area contributed by atoms with Crippen LogP contribution < -0.4 is 0 Å². The van der Waals surface area contributed by atoms with Crippen molar-refractivity contribution in [1.82, 2.24) is 0 Å². The van der Waals surface area contributed by atoms with Crippen molar-refractivity contribution in [2.75, 3.05) is 19.8 Å². The van der Waals surface area contributed by atoms with Crippen LogP contribution >= 0.6 is 0 Å². The van der Waals surface area contributed by atoms with E-state index in [0.29, 0.717) is 0 Å². The summed E-state index contributed by atoms with van der Waals surface area (Å²) in [4.78, 5) is 0. The van der Waals surface area contributed by atoms with Crippen molar-refractivity contribution in [3.63, 3.8) is 0 Å². The van der Waals surface area contributed by atoms with Crippen LogP contribution in [0, 0.1) is 0 Å². The zero-order valence-corrected chi connectivity index (χ0v) is 15.0. The average molecular weight is 313 g/mol. The Labute approximate surface area is 131 Å². The topological polar surface area (TPSA) is 27.7 Å². The maximum Gasteiger partial charge on any atom is 0.536 e. The highest BCUT2D eigenvalue weighted by atomic mass is 28.4. The minimum absolute atomic E-state index is 0.728. The van der Waals surface area contributed by atoms with Crippen molar-refractivity contribution in [3.8, 4) is 0 Å². The zero-order valence-electron chi connectivity index (χ0n) is 14.0. The van der Waals surface area contributed by atoms with Crippen LogP contribution in [0.1, 0.15) is 65.7 Å². The molecule has 3 nitrogen and oxygen atoms in total. The molecule has 0 fully saturated rings. The Kier molecular flexibility index (Phi) is 9.92. The summed E-state index contributed by atoms with van der Waals surface area (Å²) in [6, 6.07) is 0. The van der Waals surface area contributed by atoms with Gasteiger partial charge in [-0.3, -0.25) is 0 Å². The molecule has 0 aromatic heterocycles. The third-order valence-electron chi connectivity index (χ3n) is 3.49. The van der Waals surface area contributed by atoms with Crippen molar-refractivity contribution in [2.45, 2.75) is 65.7 Å². The van der Waals surface area contributed by atoms with E-state index in [4.69, 9.17) is 13.3 Å². The zero-order chi connectivity index (χ0) is 15.4. The predicted molar refractivity (Wildman–Crippen MR) is 90.2 cm³/mol. The third kappa shape index (κ3) is 6.47. The third-order valence-corrected chi connectivity index (χ3v) is 6.33. The lowest BCUT2D eigenvalue weighted by Crippen LogP contribution is -2.48. The molecule has 0 saturated heterocycles. The predicted octanol–water partition coefficient (Wildman–Crippen LogP) is 4.80. The Morgan fingerprint density at radius 1 is 0.857 bits per heavy atom. The quantitative estimate of drug-likeness (QED) is 0.361. The molecule has 1 aliphatic carbocycles. The molecular weight excluding hydrogens is 280 g/mol. The van der Waals surface area contributed by atoms with Gasteiger partial charge in [0.25, 0.3) is 0 Å². The van der Waals surface area contributed by atoms with E-state index in [-0.39, 0.29) is 0 Å².